The number of urea groups is 1. The predicted octanol–water partition coefficient (Wildman–Crippen LogP) is -2.18. The molecule has 7 nitrogen and oxygen atoms in total. The van der Waals surface area contributed by atoms with E-state index in [9.17, 15) is 14.4 Å². The maximum Gasteiger partial charge on any atom is 0.312 e. The van der Waals surface area contributed by atoms with Gasteiger partial charge in [0.1, 0.15) is 6.54 Å². The number of rotatable bonds is 2. The van der Waals surface area contributed by atoms with Gasteiger partial charge in [-0.05, 0) is 0 Å². The SMILES string of the molecule is CC(=O)NNC(=O)CNC(N)=O. The summed E-state index contributed by atoms with van der Waals surface area (Å²) in [5, 5.41) is 2.04. The van der Waals surface area contributed by atoms with Crippen molar-refractivity contribution in [3.8, 4) is 0 Å². The van der Waals surface area contributed by atoms with Gasteiger partial charge in [0.2, 0.25) is 5.91 Å². The number of hydrogen-bond donors (Lipinski definition) is 4. The lowest BCUT2D eigenvalue weighted by atomic mass is 10.6. The summed E-state index contributed by atoms with van der Waals surface area (Å²) in [6.07, 6.45) is 0. The van der Waals surface area contributed by atoms with Crippen molar-refractivity contribution in [2.24, 2.45) is 5.73 Å². The maximum atomic E-state index is 10.7. The van der Waals surface area contributed by atoms with E-state index in [0.29, 0.717) is 0 Å². The van der Waals surface area contributed by atoms with E-state index in [1.807, 2.05) is 16.2 Å². The minimum absolute atomic E-state index is 0.268. The summed E-state index contributed by atoms with van der Waals surface area (Å²) in [5.74, 6) is -0.952. The predicted molar refractivity (Wildman–Crippen MR) is 39.5 cm³/mol. The van der Waals surface area contributed by atoms with Gasteiger partial charge in [0, 0.05) is 6.92 Å². The molecule has 0 aromatic carbocycles. The summed E-state index contributed by atoms with van der Waals surface area (Å²) in [7, 11) is 0. The van der Waals surface area contributed by atoms with Gasteiger partial charge >= 0.3 is 6.03 Å². The summed E-state index contributed by atoms with van der Waals surface area (Å²) < 4.78 is 0. The van der Waals surface area contributed by atoms with Crippen LogP contribution in [0.4, 0.5) is 4.79 Å². The number of amides is 4. The molecule has 0 rings (SSSR count). The second-order valence-electron chi connectivity index (χ2n) is 1.95. The zero-order chi connectivity index (χ0) is 9.56. The van der Waals surface area contributed by atoms with Gasteiger partial charge in [0.25, 0.3) is 5.91 Å². The van der Waals surface area contributed by atoms with Crippen molar-refractivity contribution in [2.45, 2.75) is 6.92 Å². The average molecular weight is 174 g/mol. The number of nitrogens with two attached hydrogens (primary N) is 1. The summed E-state index contributed by atoms with van der Waals surface area (Å²) in [4.78, 5) is 31.0. The first-order valence-corrected chi connectivity index (χ1v) is 3.11. The fraction of sp³-hybridized carbons (Fsp3) is 0.400. The van der Waals surface area contributed by atoms with Crippen molar-refractivity contribution < 1.29 is 14.4 Å². The molecule has 0 aliphatic carbocycles. The standard InChI is InChI=1S/C5H10N4O3/c1-3(10)8-9-4(11)2-7-5(6)12/h2H2,1H3,(H,8,10)(H,9,11)(H3,6,7,12). The highest BCUT2D eigenvalue weighted by Gasteiger charge is 2.01. The minimum atomic E-state index is -0.798. The second-order valence-corrected chi connectivity index (χ2v) is 1.95. The molecule has 0 saturated carbocycles. The Morgan fingerprint density at radius 1 is 1.25 bits per heavy atom. The van der Waals surface area contributed by atoms with Crippen molar-refractivity contribution in [3.05, 3.63) is 0 Å². The molecule has 0 unspecified atom stereocenters. The van der Waals surface area contributed by atoms with Gasteiger partial charge < -0.3 is 11.1 Å². The molecule has 0 aromatic rings. The molecule has 68 valence electrons. The van der Waals surface area contributed by atoms with Gasteiger partial charge in [-0.2, -0.15) is 0 Å². The maximum absolute atomic E-state index is 10.7. The number of hydrogen-bond acceptors (Lipinski definition) is 3. The summed E-state index contributed by atoms with van der Waals surface area (Å²) >= 11 is 0. The van der Waals surface area contributed by atoms with Crippen LogP contribution in [0.1, 0.15) is 6.92 Å². The Kier molecular flexibility index (Phi) is 4.20. The van der Waals surface area contributed by atoms with Crippen molar-refractivity contribution in [2.75, 3.05) is 6.54 Å². The van der Waals surface area contributed by atoms with Gasteiger partial charge in [-0.15, -0.1) is 0 Å². The Morgan fingerprint density at radius 2 is 1.83 bits per heavy atom. The fourth-order valence-corrected chi connectivity index (χ4v) is 0.369. The molecule has 0 atom stereocenters. The molecule has 4 amide bonds. The zero-order valence-corrected chi connectivity index (χ0v) is 6.51. The van der Waals surface area contributed by atoms with Gasteiger partial charge in [-0.25, -0.2) is 4.79 Å². The number of hydrazine groups is 1. The normalized spacial score (nSPS) is 8.42. The quantitative estimate of drug-likeness (QED) is 0.357. The Morgan fingerprint density at radius 3 is 2.25 bits per heavy atom. The third kappa shape index (κ3) is 6.33. The van der Waals surface area contributed by atoms with Crippen LogP contribution >= 0.6 is 0 Å². The largest absolute Gasteiger partial charge is 0.352 e. The van der Waals surface area contributed by atoms with E-state index in [1.165, 1.54) is 6.92 Å². The number of carbonyl (C=O) groups is 3. The molecular formula is C5H10N4O3. The minimum Gasteiger partial charge on any atom is -0.352 e. The summed E-state index contributed by atoms with van der Waals surface area (Å²) in [6, 6.07) is -0.798. The highest BCUT2D eigenvalue weighted by atomic mass is 16.2. The number of nitrogens with one attached hydrogen (secondary N) is 3. The topological polar surface area (TPSA) is 113 Å². The molecule has 12 heavy (non-hydrogen) atoms. The van der Waals surface area contributed by atoms with Gasteiger partial charge in [-0.3, -0.25) is 20.4 Å². The third-order valence-corrected chi connectivity index (χ3v) is 0.801. The first-order chi connectivity index (χ1) is 5.52. The molecule has 0 radical (unpaired) electrons. The van der Waals surface area contributed by atoms with E-state index in [-0.39, 0.29) is 6.54 Å². The molecule has 0 saturated heterocycles. The lowest BCUT2D eigenvalue weighted by molar-refractivity contribution is -0.127. The van der Waals surface area contributed by atoms with Gasteiger partial charge in [0.15, 0.2) is 0 Å². The van der Waals surface area contributed by atoms with Crippen molar-refractivity contribution in [1.29, 1.82) is 0 Å². The second kappa shape index (κ2) is 4.94. The van der Waals surface area contributed by atoms with Crippen molar-refractivity contribution >= 4 is 17.8 Å². The first-order valence-electron chi connectivity index (χ1n) is 3.11. The molecule has 0 aromatic heterocycles. The van der Waals surface area contributed by atoms with Crippen LogP contribution in [0.2, 0.25) is 0 Å². The molecule has 5 N–H and O–H groups in total. The smallest absolute Gasteiger partial charge is 0.312 e. The van der Waals surface area contributed by atoms with Gasteiger partial charge in [-0.1, -0.05) is 0 Å². The molecule has 0 aliphatic rings. The number of primary amides is 1. The number of carbonyl (C=O) groups excluding carboxylic acids is 3. The van der Waals surface area contributed by atoms with Crippen LogP contribution in [0, 0.1) is 0 Å². The van der Waals surface area contributed by atoms with E-state index < -0.39 is 17.8 Å². The van der Waals surface area contributed by atoms with Crippen LogP contribution in [0.5, 0.6) is 0 Å². The zero-order valence-electron chi connectivity index (χ0n) is 6.51. The Labute approximate surface area is 68.6 Å². The van der Waals surface area contributed by atoms with Crippen molar-refractivity contribution in [1.82, 2.24) is 16.2 Å². The Bertz CT molecular complexity index is 183. The van der Waals surface area contributed by atoms with E-state index in [1.54, 1.807) is 0 Å². The fourth-order valence-electron chi connectivity index (χ4n) is 0.369. The molecule has 0 heterocycles. The van der Waals surface area contributed by atoms with Gasteiger partial charge in [0.05, 0.1) is 0 Å². The summed E-state index contributed by atoms with van der Waals surface area (Å²) in [6.45, 7) is 0.970. The van der Waals surface area contributed by atoms with E-state index >= 15 is 0 Å². The summed E-state index contributed by atoms with van der Waals surface area (Å²) in [5.41, 5.74) is 8.75. The molecular weight excluding hydrogens is 164 g/mol. The highest BCUT2D eigenvalue weighted by molar-refractivity contribution is 5.85. The molecule has 0 spiro atoms. The van der Waals surface area contributed by atoms with Crippen LogP contribution in [0.15, 0.2) is 0 Å². The average Bonchev–Trinajstić information content (AvgIpc) is 1.96. The molecule has 0 fully saturated rings. The Balaban J connectivity index is 3.47. The van der Waals surface area contributed by atoms with Crippen LogP contribution in [-0.2, 0) is 9.59 Å². The van der Waals surface area contributed by atoms with Crippen LogP contribution < -0.4 is 21.9 Å². The first kappa shape index (κ1) is 10.2. The van der Waals surface area contributed by atoms with E-state index in [4.69, 9.17) is 0 Å². The lowest BCUT2D eigenvalue weighted by Gasteiger charge is -2.04. The van der Waals surface area contributed by atoms with Crippen LogP contribution in [-0.4, -0.2) is 24.4 Å². The molecule has 0 bridgehead atoms. The van der Waals surface area contributed by atoms with E-state index in [0.717, 1.165) is 0 Å². The third-order valence-electron chi connectivity index (χ3n) is 0.801. The molecule has 0 aliphatic heterocycles. The molecule has 7 heteroatoms. The van der Waals surface area contributed by atoms with Crippen LogP contribution in [0.3, 0.4) is 0 Å². The van der Waals surface area contributed by atoms with Crippen molar-refractivity contribution in [3.63, 3.8) is 0 Å². The lowest BCUT2D eigenvalue weighted by Crippen LogP contribution is -2.46. The van der Waals surface area contributed by atoms with Crippen LogP contribution in [0.25, 0.3) is 0 Å². The monoisotopic (exact) mass is 174 g/mol. The van der Waals surface area contributed by atoms with E-state index in [2.05, 4.69) is 5.73 Å². The highest BCUT2D eigenvalue weighted by Crippen LogP contribution is 1.61. The Hall–Kier alpha value is -1.79.